The highest BCUT2D eigenvalue weighted by Gasteiger charge is 2.47. The Balaban J connectivity index is 1.68. The van der Waals surface area contributed by atoms with E-state index in [0.717, 1.165) is 17.1 Å². The fourth-order valence-corrected chi connectivity index (χ4v) is 3.38. The second-order valence-electron chi connectivity index (χ2n) is 7.61. The number of aryl methyl sites for hydroxylation is 1. The molecule has 132 valence electrons. The van der Waals surface area contributed by atoms with Gasteiger partial charge in [-0.1, -0.05) is 58.0 Å². The van der Waals surface area contributed by atoms with Crippen LogP contribution in [0.15, 0.2) is 54.9 Å². The predicted octanol–water partition coefficient (Wildman–Crippen LogP) is 6.21. The molecular weight excluding hydrogens is 304 g/mol. The van der Waals surface area contributed by atoms with Crippen LogP contribution in [0.2, 0.25) is 0 Å². The highest BCUT2D eigenvalue weighted by molar-refractivity contribution is 5.54. The molecule has 2 aromatic rings. The number of benzene rings is 1. The third kappa shape index (κ3) is 3.95. The van der Waals surface area contributed by atoms with Gasteiger partial charge >= 0.3 is 0 Å². The van der Waals surface area contributed by atoms with E-state index in [-0.39, 0.29) is 5.41 Å². The van der Waals surface area contributed by atoms with Crippen molar-refractivity contribution in [2.24, 2.45) is 0 Å². The number of anilines is 1. The monoisotopic (exact) mass is 334 g/mol. The fourth-order valence-electron chi connectivity index (χ4n) is 3.38. The first-order chi connectivity index (χ1) is 12.0. The average molecular weight is 335 g/mol. The molecule has 0 amide bonds. The highest BCUT2D eigenvalue weighted by atomic mass is 14.9. The van der Waals surface area contributed by atoms with Gasteiger partial charge in [0.15, 0.2) is 0 Å². The van der Waals surface area contributed by atoms with E-state index >= 15 is 0 Å². The summed E-state index contributed by atoms with van der Waals surface area (Å²) in [5.41, 5.74) is 6.17. The molecule has 25 heavy (non-hydrogen) atoms. The maximum atomic E-state index is 4.54. The van der Waals surface area contributed by atoms with Crippen LogP contribution >= 0.6 is 0 Å². The van der Waals surface area contributed by atoms with E-state index in [4.69, 9.17) is 0 Å². The minimum atomic E-state index is 0.0972. The molecule has 0 aliphatic heterocycles. The number of nitrogens with one attached hydrogen (secondary N) is 1. The summed E-state index contributed by atoms with van der Waals surface area (Å²) >= 11 is 0. The Bertz CT molecular complexity index is 707. The van der Waals surface area contributed by atoms with Gasteiger partial charge in [-0.15, -0.1) is 0 Å². The summed E-state index contributed by atoms with van der Waals surface area (Å²) in [6, 6.07) is 13.4. The Morgan fingerprint density at radius 1 is 1.16 bits per heavy atom. The molecule has 1 aliphatic rings. The van der Waals surface area contributed by atoms with Crippen molar-refractivity contribution in [3.8, 4) is 0 Å². The topological polar surface area (TPSA) is 24.9 Å². The predicted molar refractivity (Wildman–Crippen MR) is 107 cm³/mol. The zero-order valence-electron chi connectivity index (χ0n) is 15.8. The van der Waals surface area contributed by atoms with Crippen LogP contribution in [0.4, 0.5) is 5.69 Å². The minimum Gasteiger partial charge on any atom is -0.357 e. The van der Waals surface area contributed by atoms with Gasteiger partial charge in [-0.05, 0) is 54.9 Å². The Morgan fingerprint density at radius 2 is 1.88 bits per heavy atom. The van der Waals surface area contributed by atoms with Crippen LogP contribution in [-0.4, -0.2) is 4.98 Å². The molecule has 0 unspecified atom stereocenters. The van der Waals surface area contributed by atoms with E-state index in [1.807, 2.05) is 6.20 Å². The summed E-state index contributed by atoms with van der Waals surface area (Å²) < 4.78 is 0. The molecule has 0 spiro atoms. The number of pyridine rings is 1. The van der Waals surface area contributed by atoms with Crippen molar-refractivity contribution in [1.29, 1.82) is 0 Å². The molecule has 0 bridgehead atoms. The molecule has 1 aromatic heterocycles. The number of unbranched alkanes of at least 4 members (excludes halogenated alkanes) is 1. The lowest BCUT2D eigenvalue weighted by Gasteiger charge is -2.21. The van der Waals surface area contributed by atoms with E-state index < -0.39 is 0 Å². The summed E-state index contributed by atoms with van der Waals surface area (Å²) in [6.07, 6.45) is 7.95. The second-order valence-corrected chi connectivity index (χ2v) is 7.61. The molecule has 3 rings (SSSR count). The van der Waals surface area contributed by atoms with Crippen molar-refractivity contribution in [2.45, 2.75) is 64.2 Å². The van der Waals surface area contributed by atoms with Gasteiger partial charge < -0.3 is 5.32 Å². The number of hydrogen-bond donors (Lipinski definition) is 1. The van der Waals surface area contributed by atoms with Crippen LogP contribution in [0, 0.1) is 0 Å². The summed E-state index contributed by atoms with van der Waals surface area (Å²) in [5, 5.41) is 3.50. The third-order valence-electron chi connectivity index (χ3n) is 5.33. The molecule has 2 heteroatoms. The lowest BCUT2D eigenvalue weighted by Crippen LogP contribution is -2.16. The quantitative estimate of drug-likeness (QED) is 0.621. The van der Waals surface area contributed by atoms with Gasteiger partial charge in [0.05, 0.1) is 11.9 Å². The van der Waals surface area contributed by atoms with Gasteiger partial charge in [-0.3, -0.25) is 4.98 Å². The van der Waals surface area contributed by atoms with E-state index in [2.05, 4.69) is 74.0 Å². The van der Waals surface area contributed by atoms with Gasteiger partial charge in [0.25, 0.3) is 0 Å². The standard InChI is InChI=1S/C23H30N2/c1-5-6-7-19-8-10-20(11-9-19)23(14-15-23)18(4)25-21-12-13-22(17(2)3)24-16-21/h8-13,16-17,25H,4-7,14-15H2,1-3H3. The van der Waals surface area contributed by atoms with Crippen LogP contribution in [0.1, 0.15) is 69.2 Å². The van der Waals surface area contributed by atoms with Crippen molar-refractivity contribution in [3.05, 3.63) is 71.7 Å². The van der Waals surface area contributed by atoms with Gasteiger partial charge in [0.2, 0.25) is 0 Å². The summed E-state index contributed by atoms with van der Waals surface area (Å²) in [5.74, 6) is 0.457. The Kier molecular flexibility index (Phi) is 5.27. The smallest absolute Gasteiger partial charge is 0.0568 e. The molecule has 1 fully saturated rings. The Labute approximate surface area is 152 Å². The van der Waals surface area contributed by atoms with Crippen molar-refractivity contribution in [2.75, 3.05) is 5.32 Å². The number of aromatic nitrogens is 1. The SMILES string of the molecule is C=C(Nc1ccc(C(C)C)nc1)C1(c2ccc(CCCC)cc2)CC1. The maximum absolute atomic E-state index is 4.54. The van der Waals surface area contributed by atoms with Crippen molar-refractivity contribution in [1.82, 2.24) is 4.98 Å². The maximum Gasteiger partial charge on any atom is 0.0568 e. The number of allylic oxidation sites excluding steroid dienone is 1. The van der Waals surface area contributed by atoms with E-state index in [0.29, 0.717) is 5.92 Å². The highest BCUT2D eigenvalue weighted by Crippen LogP contribution is 2.53. The molecule has 1 aliphatic carbocycles. The minimum absolute atomic E-state index is 0.0972. The molecule has 1 N–H and O–H groups in total. The molecule has 0 radical (unpaired) electrons. The molecular formula is C23H30N2. The summed E-state index contributed by atoms with van der Waals surface area (Å²) in [7, 11) is 0. The first-order valence-electron chi connectivity index (χ1n) is 9.57. The Morgan fingerprint density at radius 3 is 2.40 bits per heavy atom. The van der Waals surface area contributed by atoms with Crippen molar-refractivity contribution >= 4 is 5.69 Å². The van der Waals surface area contributed by atoms with E-state index in [1.165, 1.54) is 43.2 Å². The van der Waals surface area contributed by atoms with E-state index in [1.54, 1.807) is 0 Å². The Hall–Kier alpha value is -2.09. The first kappa shape index (κ1) is 17.7. The van der Waals surface area contributed by atoms with Crippen molar-refractivity contribution in [3.63, 3.8) is 0 Å². The molecule has 0 saturated heterocycles. The van der Waals surface area contributed by atoms with E-state index in [9.17, 15) is 0 Å². The normalized spacial score (nSPS) is 15.2. The molecule has 2 nitrogen and oxygen atoms in total. The van der Waals surface area contributed by atoms with Crippen LogP contribution in [-0.2, 0) is 11.8 Å². The summed E-state index contributed by atoms with van der Waals surface area (Å²) in [4.78, 5) is 4.54. The van der Waals surface area contributed by atoms with Crippen LogP contribution in [0.3, 0.4) is 0 Å². The number of rotatable bonds is 8. The molecule has 1 saturated carbocycles. The fraction of sp³-hybridized carbons (Fsp3) is 0.435. The van der Waals surface area contributed by atoms with Crippen LogP contribution in [0.25, 0.3) is 0 Å². The molecule has 1 heterocycles. The van der Waals surface area contributed by atoms with Crippen LogP contribution < -0.4 is 5.32 Å². The van der Waals surface area contributed by atoms with Gasteiger partial charge in [-0.2, -0.15) is 0 Å². The largest absolute Gasteiger partial charge is 0.357 e. The number of nitrogens with zero attached hydrogens (tertiary/aromatic N) is 1. The first-order valence-corrected chi connectivity index (χ1v) is 9.57. The second kappa shape index (κ2) is 7.43. The third-order valence-corrected chi connectivity index (χ3v) is 5.33. The van der Waals surface area contributed by atoms with Crippen molar-refractivity contribution < 1.29 is 0 Å². The van der Waals surface area contributed by atoms with Gasteiger partial charge in [0, 0.05) is 16.8 Å². The molecule has 0 atom stereocenters. The zero-order chi connectivity index (χ0) is 17.9. The van der Waals surface area contributed by atoms with Crippen LogP contribution in [0.5, 0.6) is 0 Å². The molecule has 1 aromatic carbocycles. The summed E-state index contributed by atoms with van der Waals surface area (Å²) in [6.45, 7) is 10.9. The zero-order valence-corrected chi connectivity index (χ0v) is 15.8. The lowest BCUT2D eigenvalue weighted by molar-refractivity contribution is 0.790. The van der Waals surface area contributed by atoms with Gasteiger partial charge in [0.1, 0.15) is 0 Å². The van der Waals surface area contributed by atoms with Gasteiger partial charge in [-0.25, -0.2) is 0 Å². The average Bonchev–Trinajstić information content (AvgIpc) is 3.43. The number of hydrogen-bond acceptors (Lipinski definition) is 2. The lowest BCUT2D eigenvalue weighted by atomic mass is 9.91.